The minimum Gasteiger partial charge on any atom is -0.306 e. The topological polar surface area (TPSA) is 67.2 Å². The van der Waals surface area contributed by atoms with Crippen LogP contribution >= 0.6 is 15.9 Å². The average molecular weight is 443 g/mol. The Balaban J connectivity index is 1.65. The Kier molecular flexibility index (Phi) is 4.72. The Morgan fingerprint density at radius 3 is 2.75 bits per heavy atom. The molecule has 2 heterocycles. The van der Waals surface area contributed by atoms with E-state index in [9.17, 15) is 14.0 Å². The number of allylic oxidation sites excluding steroid dienone is 1. The van der Waals surface area contributed by atoms with Crippen LogP contribution in [0.5, 0.6) is 0 Å². The number of halogens is 2. The number of aromatic nitrogens is 2. The van der Waals surface area contributed by atoms with Crippen molar-refractivity contribution in [2.45, 2.75) is 12.5 Å². The monoisotopic (exact) mass is 442 g/mol. The second-order valence-corrected chi connectivity index (χ2v) is 7.32. The number of hydrogen-bond acceptors (Lipinski definition) is 3. The molecular weight excluding hydrogens is 427 g/mol. The van der Waals surface area contributed by atoms with E-state index in [0.717, 1.165) is 10.9 Å². The van der Waals surface area contributed by atoms with Crippen molar-refractivity contribution in [3.8, 4) is 0 Å². The van der Waals surface area contributed by atoms with Gasteiger partial charge in [-0.2, -0.15) is 5.10 Å². The van der Waals surface area contributed by atoms with Crippen molar-refractivity contribution < 1.29 is 14.0 Å². The van der Waals surface area contributed by atoms with Crippen molar-refractivity contribution in [1.29, 1.82) is 0 Å². The van der Waals surface area contributed by atoms with Crippen LogP contribution in [0, 0.1) is 5.82 Å². The molecule has 142 valence electrons. The van der Waals surface area contributed by atoms with Crippen molar-refractivity contribution in [3.63, 3.8) is 0 Å². The maximum atomic E-state index is 13.3. The summed E-state index contributed by atoms with van der Waals surface area (Å²) in [5.74, 6) is -0.457. The lowest BCUT2D eigenvalue weighted by atomic mass is 9.97. The third kappa shape index (κ3) is 3.31. The van der Waals surface area contributed by atoms with Gasteiger partial charge in [-0.1, -0.05) is 12.1 Å². The molecule has 0 spiro atoms. The van der Waals surface area contributed by atoms with E-state index in [1.54, 1.807) is 29.1 Å². The van der Waals surface area contributed by atoms with E-state index in [-0.39, 0.29) is 24.1 Å². The van der Waals surface area contributed by atoms with E-state index in [1.807, 2.05) is 13.1 Å². The maximum absolute atomic E-state index is 13.3. The smallest absolute Gasteiger partial charge is 0.306 e. The molecule has 0 saturated heterocycles. The van der Waals surface area contributed by atoms with Gasteiger partial charge >= 0.3 is 6.03 Å². The van der Waals surface area contributed by atoms with Crippen molar-refractivity contribution in [1.82, 2.24) is 14.7 Å². The molecule has 2 amide bonds. The number of anilines is 1. The number of nitrogens with one attached hydrogen (secondary N) is 1. The van der Waals surface area contributed by atoms with Gasteiger partial charge < -0.3 is 5.32 Å². The van der Waals surface area contributed by atoms with Gasteiger partial charge in [0.05, 0.1) is 27.9 Å². The predicted octanol–water partition coefficient (Wildman–Crippen LogP) is 4.54. The number of amides is 2. The van der Waals surface area contributed by atoms with E-state index in [4.69, 9.17) is 0 Å². The minimum absolute atomic E-state index is 0.0872. The fourth-order valence-electron chi connectivity index (χ4n) is 3.29. The first-order chi connectivity index (χ1) is 13.4. The molecule has 2 aromatic carbocycles. The molecule has 1 N–H and O–H groups in total. The Morgan fingerprint density at radius 2 is 2.00 bits per heavy atom. The first-order valence-electron chi connectivity index (χ1n) is 8.60. The molecule has 0 saturated carbocycles. The molecular formula is C20H16BrFN4O2. The Bertz CT molecular complexity index is 1110. The summed E-state index contributed by atoms with van der Waals surface area (Å²) in [6, 6.07) is 8.59. The summed E-state index contributed by atoms with van der Waals surface area (Å²) in [5.41, 5.74) is 2.14. The van der Waals surface area contributed by atoms with Crippen molar-refractivity contribution in [3.05, 3.63) is 70.7 Å². The van der Waals surface area contributed by atoms with Crippen molar-refractivity contribution in [2.24, 2.45) is 7.05 Å². The average Bonchev–Trinajstić information content (AvgIpc) is 3.06. The number of ketones is 1. The molecule has 1 aromatic heterocycles. The largest absolute Gasteiger partial charge is 0.326 e. The molecule has 3 aromatic rings. The van der Waals surface area contributed by atoms with Gasteiger partial charge in [-0.05, 0) is 51.8 Å². The third-order valence-corrected chi connectivity index (χ3v) is 5.53. The number of fused-ring (bicyclic) bond motifs is 1. The predicted molar refractivity (Wildman–Crippen MR) is 107 cm³/mol. The summed E-state index contributed by atoms with van der Waals surface area (Å²) in [6.45, 7) is 0. The number of aryl methyl sites for hydroxylation is 1. The zero-order valence-corrected chi connectivity index (χ0v) is 16.5. The summed E-state index contributed by atoms with van der Waals surface area (Å²) in [6.07, 6.45) is 4.72. The Morgan fingerprint density at radius 1 is 1.25 bits per heavy atom. The highest BCUT2D eigenvalue weighted by Gasteiger charge is 2.29. The van der Waals surface area contributed by atoms with Crippen LogP contribution in [0.3, 0.4) is 0 Å². The lowest BCUT2D eigenvalue weighted by molar-refractivity contribution is -0.116. The van der Waals surface area contributed by atoms with Crippen molar-refractivity contribution in [2.75, 3.05) is 5.32 Å². The molecule has 6 nitrogen and oxygen atoms in total. The highest BCUT2D eigenvalue weighted by molar-refractivity contribution is 9.10. The molecule has 0 aliphatic carbocycles. The Labute approximate surface area is 168 Å². The molecule has 8 heteroatoms. The lowest BCUT2D eigenvalue weighted by Crippen LogP contribution is -2.37. The van der Waals surface area contributed by atoms with Gasteiger partial charge in [-0.25, -0.2) is 9.18 Å². The summed E-state index contributed by atoms with van der Waals surface area (Å²) in [5, 5.41) is 8.04. The van der Waals surface area contributed by atoms with Crippen LogP contribution in [0.2, 0.25) is 0 Å². The number of rotatable bonds is 2. The van der Waals surface area contributed by atoms with Crippen LogP contribution in [0.4, 0.5) is 14.9 Å². The molecule has 0 bridgehead atoms. The number of carbonyl (C=O) groups excluding carboxylic acids is 2. The number of hydrogen-bond donors (Lipinski definition) is 1. The normalized spacial score (nSPS) is 16.6. The van der Waals surface area contributed by atoms with Gasteiger partial charge in [0.15, 0.2) is 5.78 Å². The fourth-order valence-corrected chi connectivity index (χ4v) is 4.01. The number of carbonyl (C=O) groups is 2. The van der Waals surface area contributed by atoms with E-state index < -0.39 is 6.04 Å². The van der Waals surface area contributed by atoms with Crippen LogP contribution in [-0.4, -0.2) is 26.5 Å². The van der Waals surface area contributed by atoms with E-state index in [0.29, 0.717) is 15.7 Å². The molecule has 0 radical (unpaired) electrons. The highest BCUT2D eigenvalue weighted by Crippen LogP contribution is 2.33. The molecule has 4 rings (SSSR count). The molecule has 1 aliphatic rings. The standard InChI is InChI=1S/C20H16BrFN4O2/c1-25-19-13(11-23-25)4-7-16(18(19)21)24-20(28)26-9-8-15(27)10-17(26)12-2-5-14(22)6-3-12/h2-9,11,17H,10H2,1H3,(H,24,28)/t17-/m0/s1. The van der Waals surface area contributed by atoms with Crippen LogP contribution in [0.15, 0.2) is 59.3 Å². The first kappa shape index (κ1) is 18.4. The first-order valence-corrected chi connectivity index (χ1v) is 9.39. The van der Waals surface area contributed by atoms with Crippen LogP contribution in [0.25, 0.3) is 10.9 Å². The molecule has 0 unspecified atom stereocenters. The summed E-state index contributed by atoms with van der Waals surface area (Å²) < 4.78 is 15.7. The van der Waals surface area contributed by atoms with Crippen LogP contribution in [0.1, 0.15) is 18.0 Å². The third-order valence-electron chi connectivity index (χ3n) is 4.72. The fraction of sp³-hybridized carbons (Fsp3) is 0.150. The van der Waals surface area contributed by atoms with Crippen molar-refractivity contribution >= 4 is 44.3 Å². The minimum atomic E-state index is -0.502. The summed E-state index contributed by atoms with van der Waals surface area (Å²) in [4.78, 5) is 26.3. The summed E-state index contributed by atoms with van der Waals surface area (Å²) >= 11 is 3.53. The zero-order chi connectivity index (χ0) is 19.8. The van der Waals surface area contributed by atoms with Gasteiger partial charge in [0, 0.05) is 25.1 Å². The Hall–Kier alpha value is -3.00. The molecule has 1 aliphatic heterocycles. The number of nitrogens with zero attached hydrogens (tertiary/aromatic N) is 3. The lowest BCUT2D eigenvalue weighted by Gasteiger charge is -2.31. The molecule has 28 heavy (non-hydrogen) atoms. The zero-order valence-electron chi connectivity index (χ0n) is 14.9. The van der Waals surface area contributed by atoms with E-state index in [2.05, 4.69) is 26.3 Å². The van der Waals surface area contributed by atoms with E-state index >= 15 is 0 Å². The van der Waals surface area contributed by atoms with Gasteiger partial charge in [-0.3, -0.25) is 14.4 Å². The van der Waals surface area contributed by atoms with Crippen LogP contribution in [-0.2, 0) is 11.8 Å². The quantitative estimate of drug-likeness (QED) is 0.633. The summed E-state index contributed by atoms with van der Waals surface area (Å²) in [7, 11) is 1.82. The maximum Gasteiger partial charge on any atom is 0.326 e. The van der Waals surface area contributed by atoms with Gasteiger partial charge in [0.1, 0.15) is 5.82 Å². The second kappa shape index (κ2) is 7.20. The van der Waals surface area contributed by atoms with Gasteiger partial charge in [0.25, 0.3) is 0 Å². The van der Waals surface area contributed by atoms with E-state index in [1.165, 1.54) is 29.3 Å². The van der Waals surface area contributed by atoms with Crippen LogP contribution < -0.4 is 5.32 Å². The molecule has 1 atom stereocenters. The van der Waals surface area contributed by atoms with Gasteiger partial charge in [0.2, 0.25) is 0 Å². The second-order valence-electron chi connectivity index (χ2n) is 6.52. The number of urea groups is 1. The SMILES string of the molecule is Cn1ncc2ccc(NC(=O)N3C=CC(=O)C[C@H]3c3ccc(F)cc3)c(Br)c21. The number of benzene rings is 2. The molecule has 0 fully saturated rings. The highest BCUT2D eigenvalue weighted by atomic mass is 79.9. The van der Waals surface area contributed by atoms with Gasteiger partial charge in [-0.15, -0.1) is 0 Å².